The minimum absolute atomic E-state index is 0.0248. The van der Waals surface area contributed by atoms with E-state index in [1.807, 2.05) is 19.1 Å². The summed E-state index contributed by atoms with van der Waals surface area (Å²) < 4.78 is 0. The zero-order valence-electron chi connectivity index (χ0n) is 12.5. The maximum Gasteiger partial charge on any atom is 0.171 e. The van der Waals surface area contributed by atoms with Gasteiger partial charge in [-0.1, -0.05) is 12.5 Å². The Balaban J connectivity index is 2.25. The van der Waals surface area contributed by atoms with Crippen LogP contribution < -0.4 is 0 Å². The summed E-state index contributed by atoms with van der Waals surface area (Å²) in [5.41, 5.74) is 6.22. The molecule has 2 nitrogen and oxygen atoms in total. The fraction of sp³-hybridized carbons (Fsp3) is 0.389. The molecule has 0 N–H and O–H groups in total. The zero-order valence-corrected chi connectivity index (χ0v) is 13.5. The van der Waals surface area contributed by atoms with Crippen LogP contribution in [0.25, 0.3) is 5.57 Å². The summed E-state index contributed by atoms with van der Waals surface area (Å²) in [6.07, 6.45) is 4.56. The van der Waals surface area contributed by atoms with Crippen LogP contribution in [0.3, 0.4) is 0 Å². The van der Waals surface area contributed by atoms with E-state index in [9.17, 15) is 9.59 Å². The summed E-state index contributed by atoms with van der Waals surface area (Å²) in [5, 5.41) is 1.01. The first-order chi connectivity index (χ1) is 10.0. The second-order valence-corrected chi connectivity index (χ2v) is 6.63. The Labute approximate surface area is 127 Å². The lowest BCUT2D eigenvalue weighted by Gasteiger charge is -2.24. The van der Waals surface area contributed by atoms with Crippen molar-refractivity contribution in [2.24, 2.45) is 0 Å². The highest BCUT2D eigenvalue weighted by Gasteiger charge is 2.30. The maximum atomic E-state index is 12.0. The van der Waals surface area contributed by atoms with Gasteiger partial charge in [-0.05, 0) is 66.7 Å². The molecular weight excluding hydrogens is 279 g/mol. The third-order valence-corrected chi connectivity index (χ3v) is 4.82. The Bertz CT molecular complexity index is 704. The Kier molecular flexibility index (Phi) is 3.67. The lowest BCUT2D eigenvalue weighted by molar-refractivity contribution is 0.0923. The molecular formula is C18H19O2P. The third-order valence-electron chi connectivity index (χ3n) is 4.55. The van der Waals surface area contributed by atoms with E-state index < -0.39 is 0 Å². The van der Waals surface area contributed by atoms with Crippen LogP contribution in [0.1, 0.15) is 77.8 Å². The van der Waals surface area contributed by atoms with Crippen LogP contribution in [0.4, 0.5) is 0 Å². The van der Waals surface area contributed by atoms with Crippen molar-refractivity contribution in [1.82, 2.24) is 0 Å². The van der Waals surface area contributed by atoms with Crippen molar-refractivity contribution in [3.8, 4) is 0 Å². The first-order valence-corrected chi connectivity index (χ1v) is 8.04. The molecule has 1 aromatic carbocycles. The van der Waals surface area contributed by atoms with E-state index in [1.54, 1.807) is 0 Å². The molecule has 0 amide bonds. The van der Waals surface area contributed by atoms with E-state index in [4.69, 9.17) is 0 Å². The van der Waals surface area contributed by atoms with Gasteiger partial charge in [0, 0.05) is 11.1 Å². The maximum absolute atomic E-state index is 12.0. The molecule has 1 saturated carbocycles. The highest BCUT2D eigenvalue weighted by Crippen LogP contribution is 2.38. The van der Waals surface area contributed by atoms with Gasteiger partial charge in [-0.3, -0.25) is 9.59 Å². The predicted molar refractivity (Wildman–Crippen MR) is 88.9 cm³/mol. The van der Waals surface area contributed by atoms with Gasteiger partial charge in [0.25, 0.3) is 0 Å². The summed E-state index contributed by atoms with van der Waals surface area (Å²) >= 11 is 0. The topological polar surface area (TPSA) is 34.1 Å². The van der Waals surface area contributed by atoms with Gasteiger partial charge >= 0.3 is 0 Å². The van der Waals surface area contributed by atoms with Crippen molar-refractivity contribution in [2.45, 2.75) is 46.0 Å². The van der Waals surface area contributed by atoms with Gasteiger partial charge in [-0.25, -0.2) is 0 Å². The van der Waals surface area contributed by atoms with Crippen molar-refractivity contribution in [3.05, 3.63) is 40.0 Å². The SMILES string of the molecule is CCC(=C1CCC1)c1cc2c(cc1C(C)=P)C(=O)CC2=O. The van der Waals surface area contributed by atoms with E-state index in [1.165, 1.54) is 17.6 Å². The molecule has 0 heterocycles. The fourth-order valence-corrected chi connectivity index (χ4v) is 3.45. The highest BCUT2D eigenvalue weighted by molar-refractivity contribution is 7.22. The number of Topliss-reactive ketones (excluding diaryl/α,β-unsaturated/α-hetero) is 2. The van der Waals surface area contributed by atoms with Crippen molar-refractivity contribution in [2.75, 3.05) is 0 Å². The molecule has 0 atom stereocenters. The minimum atomic E-state index is -0.0509. The van der Waals surface area contributed by atoms with Crippen molar-refractivity contribution >= 4 is 31.3 Å². The van der Waals surface area contributed by atoms with Gasteiger partial charge in [-0.2, -0.15) is 0 Å². The number of carbonyl (C=O) groups excluding carboxylic acids is 2. The van der Waals surface area contributed by atoms with Gasteiger partial charge in [0.05, 0.1) is 6.42 Å². The zero-order chi connectivity index (χ0) is 15.1. The van der Waals surface area contributed by atoms with Gasteiger partial charge < -0.3 is 0 Å². The van der Waals surface area contributed by atoms with Crippen molar-refractivity contribution in [1.29, 1.82) is 0 Å². The normalized spacial score (nSPS) is 16.8. The lowest BCUT2D eigenvalue weighted by atomic mass is 9.81. The Morgan fingerprint density at radius 2 is 1.67 bits per heavy atom. The molecule has 108 valence electrons. The van der Waals surface area contributed by atoms with Crippen LogP contribution >= 0.6 is 8.86 Å². The molecule has 2 aliphatic carbocycles. The molecule has 1 aromatic rings. The Hall–Kier alpha value is -1.53. The van der Waals surface area contributed by atoms with Crippen LogP contribution in [0.15, 0.2) is 17.7 Å². The summed E-state index contributed by atoms with van der Waals surface area (Å²) in [7, 11) is 3.62. The average Bonchev–Trinajstić information content (AvgIpc) is 2.67. The molecule has 0 unspecified atom stereocenters. The molecule has 0 bridgehead atoms. The number of carbonyl (C=O) groups is 2. The van der Waals surface area contributed by atoms with Gasteiger partial charge in [0.15, 0.2) is 11.6 Å². The van der Waals surface area contributed by atoms with Crippen LogP contribution in [-0.4, -0.2) is 16.9 Å². The highest BCUT2D eigenvalue weighted by atomic mass is 31.0. The van der Waals surface area contributed by atoms with Crippen LogP contribution in [-0.2, 0) is 0 Å². The van der Waals surface area contributed by atoms with Crippen LogP contribution in [0, 0.1) is 0 Å². The number of benzene rings is 1. The quantitative estimate of drug-likeness (QED) is 0.609. The van der Waals surface area contributed by atoms with Crippen LogP contribution in [0.5, 0.6) is 0 Å². The third kappa shape index (κ3) is 2.32. The number of allylic oxidation sites excluding steroid dienone is 2. The first kappa shape index (κ1) is 14.4. The number of hydrogen-bond donors (Lipinski definition) is 0. The average molecular weight is 298 g/mol. The van der Waals surface area contributed by atoms with Gasteiger partial charge in [-0.15, -0.1) is 8.86 Å². The predicted octanol–water partition coefficient (Wildman–Crippen LogP) is 4.49. The second-order valence-electron chi connectivity index (χ2n) is 5.88. The van der Waals surface area contributed by atoms with Crippen LogP contribution in [0.2, 0.25) is 0 Å². The molecule has 3 heteroatoms. The molecule has 2 aliphatic rings. The number of hydrogen-bond acceptors (Lipinski definition) is 2. The smallest absolute Gasteiger partial charge is 0.171 e. The Morgan fingerprint density at radius 3 is 2.10 bits per heavy atom. The molecule has 0 radical (unpaired) electrons. The summed E-state index contributed by atoms with van der Waals surface area (Å²) in [6.45, 7) is 4.15. The molecule has 0 aliphatic heterocycles. The van der Waals surface area contributed by atoms with E-state index >= 15 is 0 Å². The van der Waals surface area contributed by atoms with E-state index in [0.29, 0.717) is 11.1 Å². The van der Waals surface area contributed by atoms with E-state index in [2.05, 4.69) is 15.8 Å². The molecule has 0 saturated heterocycles. The first-order valence-electron chi connectivity index (χ1n) is 7.54. The molecule has 3 rings (SSSR count). The van der Waals surface area contributed by atoms with E-state index in [0.717, 1.165) is 35.7 Å². The number of rotatable bonds is 3. The van der Waals surface area contributed by atoms with E-state index in [-0.39, 0.29) is 18.0 Å². The standard InChI is InChI=1S/C18H19O2P/c1-3-12(11-5-4-6-11)14-8-16-15(7-13(14)10(2)21)17(19)9-18(16)20/h7-8,21H,3-6,9H2,1-2H3. The lowest BCUT2D eigenvalue weighted by Crippen LogP contribution is -2.07. The molecule has 21 heavy (non-hydrogen) atoms. The number of ketones is 2. The second kappa shape index (κ2) is 5.35. The number of fused-ring (bicyclic) bond motifs is 1. The van der Waals surface area contributed by atoms with Gasteiger partial charge in [0.1, 0.15) is 0 Å². The minimum Gasteiger partial charge on any atom is -0.294 e. The fourth-order valence-electron chi connectivity index (χ4n) is 3.24. The molecule has 1 fully saturated rings. The van der Waals surface area contributed by atoms with Gasteiger partial charge in [0.2, 0.25) is 0 Å². The molecule has 0 spiro atoms. The largest absolute Gasteiger partial charge is 0.294 e. The summed E-state index contributed by atoms with van der Waals surface area (Å²) in [5.74, 6) is -0.0893. The van der Waals surface area contributed by atoms with Crippen molar-refractivity contribution < 1.29 is 9.59 Å². The van der Waals surface area contributed by atoms with Crippen molar-refractivity contribution in [3.63, 3.8) is 0 Å². The summed E-state index contributed by atoms with van der Waals surface area (Å²) in [4.78, 5) is 24.0. The molecule has 0 aromatic heterocycles. The monoisotopic (exact) mass is 298 g/mol. The summed E-state index contributed by atoms with van der Waals surface area (Å²) in [6, 6.07) is 3.85. The Morgan fingerprint density at radius 1 is 1.10 bits per heavy atom.